The van der Waals surface area contributed by atoms with E-state index in [-0.39, 0.29) is 23.8 Å². The Morgan fingerprint density at radius 2 is 1.49 bits per heavy atom. The molecule has 0 aliphatic heterocycles. The van der Waals surface area contributed by atoms with E-state index in [4.69, 9.17) is 5.10 Å². The van der Waals surface area contributed by atoms with Crippen LogP contribution in [0.15, 0.2) is 120 Å². The summed E-state index contributed by atoms with van der Waals surface area (Å²) in [5, 5.41) is 6.47. The number of hydrogen-bond donors (Lipinski definition) is 0. The van der Waals surface area contributed by atoms with E-state index in [1.54, 1.807) is 30.3 Å². The maximum atomic E-state index is 14.2. The summed E-state index contributed by atoms with van der Waals surface area (Å²) >= 11 is 0. The minimum Gasteiger partial charge on any atom is -0.232 e. The lowest BCUT2D eigenvalue weighted by Crippen LogP contribution is -2.30. The van der Waals surface area contributed by atoms with Gasteiger partial charge in [0.15, 0.2) is 0 Å². The van der Waals surface area contributed by atoms with Crippen molar-refractivity contribution in [1.82, 2.24) is 13.9 Å². The third-order valence-corrected chi connectivity index (χ3v) is 8.64. The standard InChI is InChI=1S/C32H26FN3O2S/c1-23-12-15-29(16-13-23)39(37,38)35(21-24-8-4-2-5-9-24)22-28-20-32-30-17-14-27(33)18-26(30)19-31(36(32)34-28)25-10-6-3-7-11-25/h2-20H,21-22H2,1H3. The number of hydrogen-bond acceptors (Lipinski definition) is 3. The van der Waals surface area contributed by atoms with Gasteiger partial charge < -0.3 is 0 Å². The lowest BCUT2D eigenvalue weighted by Gasteiger charge is -2.21. The van der Waals surface area contributed by atoms with Crippen LogP contribution in [0.3, 0.4) is 0 Å². The van der Waals surface area contributed by atoms with Crippen molar-refractivity contribution in [2.45, 2.75) is 24.9 Å². The van der Waals surface area contributed by atoms with Gasteiger partial charge in [-0.05, 0) is 60.3 Å². The van der Waals surface area contributed by atoms with Crippen LogP contribution in [-0.4, -0.2) is 22.3 Å². The van der Waals surface area contributed by atoms with Gasteiger partial charge in [0, 0.05) is 17.5 Å². The number of halogens is 1. The molecule has 0 spiro atoms. The zero-order valence-corrected chi connectivity index (χ0v) is 22.1. The number of aryl methyl sites for hydroxylation is 1. The van der Waals surface area contributed by atoms with Crippen LogP contribution in [0.5, 0.6) is 0 Å². The fourth-order valence-corrected chi connectivity index (χ4v) is 6.24. The van der Waals surface area contributed by atoms with Crippen molar-refractivity contribution in [1.29, 1.82) is 0 Å². The smallest absolute Gasteiger partial charge is 0.232 e. The maximum Gasteiger partial charge on any atom is 0.243 e. The molecule has 2 aromatic heterocycles. The number of aromatic nitrogens is 2. The molecular weight excluding hydrogens is 509 g/mol. The molecule has 0 saturated heterocycles. The molecule has 5 nitrogen and oxygen atoms in total. The topological polar surface area (TPSA) is 54.7 Å². The fourth-order valence-electron chi connectivity index (χ4n) is 4.85. The van der Waals surface area contributed by atoms with E-state index < -0.39 is 10.0 Å². The lowest BCUT2D eigenvalue weighted by molar-refractivity contribution is 0.396. The molecule has 0 radical (unpaired) electrons. The van der Waals surface area contributed by atoms with E-state index >= 15 is 0 Å². The monoisotopic (exact) mass is 535 g/mol. The first-order valence-corrected chi connectivity index (χ1v) is 14.1. The average molecular weight is 536 g/mol. The molecule has 7 heteroatoms. The highest BCUT2D eigenvalue weighted by Gasteiger charge is 2.26. The van der Waals surface area contributed by atoms with Gasteiger partial charge in [-0.25, -0.2) is 17.3 Å². The number of nitrogens with zero attached hydrogens (tertiary/aromatic N) is 3. The molecule has 2 heterocycles. The first kappa shape index (κ1) is 25.0. The molecule has 0 N–H and O–H groups in total. The minimum atomic E-state index is -3.83. The predicted octanol–water partition coefficient (Wildman–Crippen LogP) is 6.99. The van der Waals surface area contributed by atoms with Crippen LogP contribution in [0.4, 0.5) is 4.39 Å². The van der Waals surface area contributed by atoms with Gasteiger partial charge in [0.05, 0.1) is 28.3 Å². The van der Waals surface area contributed by atoms with Crippen LogP contribution in [0.2, 0.25) is 0 Å². The summed E-state index contributed by atoms with van der Waals surface area (Å²) in [5.41, 5.74) is 4.97. The number of sulfonamides is 1. The van der Waals surface area contributed by atoms with Crippen LogP contribution in [-0.2, 0) is 23.1 Å². The van der Waals surface area contributed by atoms with Gasteiger partial charge in [-0.3, -0.25) is 0 Å². The number of rotatable bonds is 7. The second-order valence-electron chi connectivity index (χ2n) is 9.63. The molecule has 0 bridgehead atoms. The van der Waals surface area contributed by atoms with E-state index in [0.717, 1.165) is 38.7 Å². The Morgan fingerprint density at radius 1 is 0.795 bits per heavy atom. The van der Waals surface area contributed by atoms with Crippen molar-refractivity contribution < 1.29 is 12.8 Å². The van der Waals surface area contributed by atoms with Gasteiger partial charge in [-0.2, -0.15) is 9.40 Å². The number of pyridine rings is 1. The molecular formula is C32H26FN3O2S. The number of fused-ring (bicyclic) bond motifs is 3. The molecule has 6 aromatic rings. The molecule has 39 heavy (non-hydrogen) atoms. The summed E-state index contributed by atoms with van der Waals surface area (Å²) in [6.07, 6.45) is 0. The van der Waals surface area contributed by atoms with Gasteiger partial charge in [0.1, 0.15) is 5.82 Å². The van der Waals surface area contributed by atoms with E-state index in [9.17, 15) is 12.8 Å². The van der Waals surface area contributed by atoms with Crippen molar-refractivity contribution in [2.75, 3.05) is 0 Å². The van der Waals surface area contributed by atoms with Gasteiger partial charge in [-0.1, -0.05) is 78.4 Å². The van der Waals surface area contributed by atoms with E-state index in [2.05, 4.69) is 0 Å². The highest BCUT2D eigenvalue weighted by molar-refractivity contribution is 7.89. The van der Waals surface area contributed by atoms with Crippen LogP contribution < -0.4 is 0 Å². The first-order chi connectivity index (χ1) is 18.9. The van der Waals surface area contributed by atoms with Crippen LogP contribution in [0.1, 0.15) is 16.8 Å². The fraction of sp³-hybridized carbons (Fsp3) is 0.0938. The summed E-state index contributed by atoms with van der Waals surface area (Å²) in [4.78, 5) is 0.235. The Bertz CT molecular complexity index is 1890. The predicted molar refractivity (Wildman–Crippen MR) is 152 cm³/mol. The largest absolute Gasteiger partial charge is 0.243 e. The Balaban J connectivity index is 1.49. The lowest BCUT2D eigenvalue weighted by atomic mass is 10.1. The summed E-state index contributed by atoms with van der Waals surface area (Å²) in [6.45, 7) is 2.20. The summed E-state index contributed by atoms with van der Waals surface area (Å²) in [6, 6.07) is 34.7. The zero-order chi connectivity index (χ0) is 27.0. The maximum absolute atomic E-state index is 14.2. The molecule has 0 aliphatic rings. The van der Waals surface area contributed by atoms with Crippen molar-refractivity contribution in [2.24, 2.45) is 0 Å². The summed E-state index contributed by atoms with van der Waals surface area (Å²) in [7, 11) is -3.83. The van der Waals surface area contributed by atoms with Crippen molar-refractivity contribution in [3.63, 3.8) is 0 Å². The van der Waals surface area contributed by atoms with Gasteiger partial charge in [0.25, 0.3) is 0 Å². The third-order valence-electron chi connectivity index (χ3n) is 6.84. The summed E-state index contributed by atoms with van der Waals surface area (Å²) in [5.74, 6) is -0.316. The molecule has 194 valence electrons. The molecule has 4 aromatic carbocycles. The minimum absolute atomic E-state index is 0.0731. The highest BCUT2D eigenvalue weighted by Crippen LogP contribution is 2.30. The molecule has 0 unspecified atom stereocenters. The van der Waals surface area contributed by atoms with Crippen LogP contribution >= 0.6 is 0 Å². The Hall–Kier alpha value is -4.33. The first-order valence-electron chi connectivity index (χ1n) is 12.7. The van der Waals surface area contributed by atoms with E-state index in [1.165, 1.54) is 16.4 Å². The second kappa shape index (κ2) is 10.1. The third kappa shape index (κ3) is 4.94. The molecule has 0 saturated carbocycles. The number of benzene rings is 4. The van der Waals surface area contributed by atoms with E-state index in [0.29, 0.717) is 5.69 Å². The van der Waals surface area contributed by atoms with E-state index in [1.807, 2.05) is 84.2 Å². The summed E-state index contributed by atoms with van der Waals surface area (Å²) < 4.78 is 45.2. The Labute approximate surface area is 226 Å². The molecule has 0 fully saturated rings. The zero-order valence-electron chi connectivity index (χ0n) is 21.3. The van der Waals surface area contributed by atoms with Crippen molar-refractivity contribution in [3.8, 4) is 11.3 Å². The molecule has 0 amide bonds. The molecule has 0 aliphatic carbocycles. The van der Waals surface area contributed by atoms with Crippen molar-refractivity contribution >= 4 is 26.3 Å². The van der Waals surface area contributed by atoms with Gasteiger partial charge >= 0.3 is 0 Å². The van der Waals surface area contributed by atoms with Crippen molar-refractivity contribution in [3.05, 3.63) is 138 Å². The highest BCUT2D eigenvalue weighted by atomic mass is 32.2. The molecule has 0 atom stereocenters. The quantitative estimate of drug-likeness (QED) is 0.221. The normalized spacial score (nSPS) is 12.0. The van der Waals surface area contributed by atoms with Crippen LogP contribution in [0.25, 0.3) is 27.5 Å². The Morgan fingerprint density at radius 3 is 2.21 bits per heavy atom. The Kier molecular flexibility index (Phi) is 6.46. The second-order valence-corrected chi connectivity index (χ2v) is 11.6. The average Bonchev–Trinajstić information content (AvgIpc) is 3.37. The molecule has 6 rings (SSSR count). The van der Waals surface area contributed by atoms with Crippen LogP contribution in [0, 0.1) is 12.7 Å². The van der Waals surface area contributed by atoms with Gasteiger partial charge in [-0.15, -0.1) is 0 Å². The SMILES string of the molecule is Cc1ccc(S(=O)(=O)N(Cc2ccccc2)Cc2cc3c4ccc(F)cc4cc(-c4ccccc4)n3n2)cc1. The van der Waals surface area contributed by atoms with Gasteiger partial charge in [0.2, 0.25) is 10.0 Å².